The lowest BCUT2D eigenvalue weighted by Gasteiger charge is -2.24. The number of thiazole rings is 1. The van der Waals surface area contributed by atoms with Gasteiger partial charge in [0.1, 0.15) is 6.04 Å². The van der Waals surface area contributed by atoms with Gasteiger partial charge in [-0.25, -0.2) is 4.98 Å². The SMILES string of the molecule is Cc1ncsc1-c1ccc(CNC(=O)C2CCCN2C(=O)CC(C)C)cc1.N. The van der Waals surface area contributed by atoms with Crippen LogP contribution in [0.25, 0.3) is 10.4 Å². The zero-order valence-corrected chi connectivity index (χ0v) is 17.7. The van der Waals surface area contributed by atoms with Gasteiger partial charge in [0.15, 0.2) is 0 Å². The number of benzene rings is 1. The summed E-state index contributed by atoms with van der Waals surface area (Å²) in [4.78, 5) is 32.2. The van der Waals surface area contributed by atoms with Gasteiger partial charge in [0.05, 0.1) is 16.1 Å². The molecule has 0 bridgehead atoms. The number of hydrogen-bond donors (Lipinski definition) is 2. The molecule has 2 heterocycles. The summed E-state index contributed by atoms with van der Waals surface area (Å²) in [6.07, 6.45) is 2.15. The van der Waals surface area contributed by atoms with Gasteiger partial charge in [-0.05, 0) is 36.8 Å². The summed E-state index contributed by atoms with van der Waals surface area (Å²) in [5.74, 6) is 0.349. The summed E-state index contributed by atoms with van der Waals surface area (Å²) in [5, 5.41) is 3.00. The van der Waals surface area contributed by atoms with Crippen LogP contribution in [0, 0.1) is 12.8 Å². The molecule has 1 atom stereocenters. The molecule has 1 fully saturated rings. The van der Waals surface area contributed by atoms with Crippen LogP contribution < -0.4 is 11.5 Å². The first-order valence-electron chi connectivity index (χ1n) is 9.52. The molecule has 3 rings (SSSR count). The zero-order chi connectivity index (χ0) is 19.4. The molecule has 2 amide bonds. The van der Waals surface area contributed by atoms with E-state index in [4.69, 9.17) is 0 Å². The Morgan fingerprint density at radius 1 is 1.29 bits per heavy atom. The Hall–Kier alpha value is -2.25. The average Bonchev–Trinajstić information content (AvgIpc) is 3.28. The van der Waals surface area contributed by atoms with E-state index in [0.717, 1.165) is 29.7 Å². The molecule has 1 aliphatic rings. The van der Waals surface area contributed by atoms with Crippen molar-refractivity contribution < 1.29 is 9.59 Å². The van der Waals surface area contributed by atoms with Gasteiger partial charge in [-0.15, -0.1) is 11.3 Å². The van der Waals surface area contributed by atoms with Crippen LogP contribution in [-0.4, -0.2) is 34.3 Å². The van der Waals surface area contributed by atoms with Crippen molar-refractivity contribution in [2.45, 2.75) is 52.6 Å². The first kappa shape index (κ1) is 22.0. The van der Waals surface area contributed by atoms with E-state index in [9.17, 15) is 9.59 Å². The smallest absolute Gasteiger partial charge is 0.243 e. The molecule has 0 spiro atoms. The second-order valence-electron chi connectivity index (χ2n) is 7.52. The number of aromatic nitrogens is 1. The van der Waals surface area contributed by atoms with Crippen molar-refractivity contribution in [2.24, 2.45) is 5.92 Å². The molecule has 1 aliphatic heterocycles. The summed E-state index contributed by atoms with van der Waals surface area (Å²) in [7, 11) is 0. The third kappa shape index (κ3) is 5.17. The summed E-state index contributed by atoms with van der Waals surface area (Å²) in [6, 6.07) is 7.87. The lowest BCUT2D eigenvalue weighted by molar-refractivity contribution is -0.139. The Morgan fingerprint density at radius 2 is 2.00 bits per heavy atom. The van der Waals surface area contributed by atoms with Crippen LogP contribution in [0.1, 0.15) is 44.4 Å². The van der Waals surface area contributed by atoms with Crippen LogP contribution in [0.15, 0.2) is 29.8 Å². The highest BCUT2D eigenvalue weighted by atomic mass is 32.1. The number of carbonyl (C=O) groups is 2. The first-order chi connectivity index (χ1) is 13.0. The van der Waals surface area contributed by atoms with E-state index in [1.165, 1.54) is 4.88 Å². The van der Waals surface area contributed by atoms with Crippen LogP contribution in [0.5, 0.6) is 0 Å². The minimum Gasteiger partial charge on any atom is -0.350 e. The molecule has 1 saturated heterocycles. The van der Waals surface area contributed by atoms with E-state index < -0.39 is 0 Å². The monoisotopic (exact) mass is 402 g/mol. The standard InChI is InChI=1S/C21H27N3O2S.H3N/c1-14(2)11-19(25)24-10-4-5-18(24)21(26)22-12-16-6-8-17(9-7-16)20-15(3)23-13-27-20;/h6-9,13-14,18H,4-5,10-12H2,1-3H3,(H,22,26);1H3. The van der Waals surface area contributed by atoms with Crippen molar-refractivity contribution in [1.82, 2.24) is 21.4 Å². The number of nitrogens with zero attached hydrogens (tertiary/aromatic N) is 2. The van der Waals surface area contributed by atoms with E-state index >= 15 is 0 Å². The fourth-order valence-corrected chi connectivity index (χ4v) is 4.28. The lowest BCUT2D eigenvalue weighted by Crippen LogP contribution is -2.46. The number of aryl methyl sites for hydroxylation is 1. The van der Waals surface area contributed by atoms with Gasteiger partial charge in [-0.3, -0.25) is 9.59 Å². The van der Waals surface area contributed by atoms with Gasteiger partial charge in [-0.2, -0.15) is 0 Å². The molecule has 0 radical (unpaired) electrons. The maximum Gasteiger partial charge on any atom is 0.243 e. The molecular weight excluding hydrogens is 372 g/mol. The highest BCUT2D eigenvalue weighted by Gasteiger charge is 2.33. The van der Waals surface area contributed by atoms with E-state index in [1.807, 2.05) is 38.4 Å². The van der Waals surface area contributed by atoms with Gasteiger partial charge < -0.3 is 16.4 Å². The molecule has 28 heavy (non-hydrogen) atoms. The number of rotatable bonds is 6. The Bertz CT molecular complexity index is 801. The Morgan fingerprint density at radius 3 is 2.61 bits per heavy atom. The van der Waals surface area contributed by atoms with Crippen LogP contribution in [0.2, 0.25) is 0 Å². The molecular formula is C21H30N4O2S. The van der Waals surface area contributed by atoms with E-state index in [2.05, 4.69) is 22.4 Å². The average molecular weight is 403 g/mol. The third-order valence-corrected chi connectivity index (χ3v) is 5.86. The molecule has 7 heteroatoms. The van der Waals surface area contributed by atoms with Crippen molar-refractivity contribution in [2.75, 3.05) is 6.54 Å². The predicted octanol–water partition coefficient (Wildman–Crippen LogP) is 3.93. The van der Waals surface area contributed by atoms with Crippen LogP contribution in [0.4, 0.5) is 0 Å². The normalized spacial score (nSPS) is 16.1. The summed E-state index contributed by atoms with van der Waals surface area (Å²) < 4.78 is 0. The molecule has 152 valence electrons. The number of hydrogen-bond acceptors (Lipinski definition) is 5. The van der Waals surface area contributed by atoms with Crippen LogP contribution in [-0.2, 0) is 16.1 Å². The third-order valence-electron chi connectivity index (χ3n) is 4.89. The van der Waals surface area contributed by atoms with Crippen molar-refractivity contribution in [3.05, 3.63) is 41.0 Å². The maximum atomic E-state index is 12.6. The molecule has 4 N–H and O–H groups in total. The highest BCUT2D eigenvalue weighted by Crippen LogP contribution is 2.27. The number of nitrogens with one attached hydrogen (secondary N) is 1. The first-order valence-corrected chi connectivity index (χ1v) is 10.4. The molecule has 1 unspecified atom stereocenters. The number of amides is 2. The Kier molecular flexibility index (Phi) is 7.71. The molecule has 1 aromatic heterocycles. The lowest BCUT2D eigenvalue weighted by atomic mass is 10.1. The van der Waals surface area contributed by atoms with E-state index in [1.54, 1.807) is 16.2 Å². The quantitative estimate of drug-likeness (QED) is 0.765. The second-order valence-corrected chi connectivity index (χ2v) is 8.38. The Balaban J connectivity index is 0.00000280. The topological polar surface area (TPSA) is 97.3 Å². The minimum atomic E-state index is -0.324. The van der Waals surface area contributed by atoms with Crippen LogP contribution in [0.3, 0.4) is 0 Å². The number of carbonyl (C=O) groups excluding carboxylic acids is 2. The molecule has 6 nitrogen and oxygen atoms in total. The van der Waals surface area contributed by atoms with Gasteiger partial charge in [0, 0.05) is 19.5 Å². The van der Waals surface area contributed by atoms with E-state index in [-0.39, 0.29) is 24.0 Å². The van der Waals surface area contributed by atoms with Gasteiger partial charge in [0.2, 0.25) is 11.8 Å². The van der Waals surface area contributed by atoms with Crippen molar-refractivity contribution in [3.63, 3.8) is 0 Å². The largest absolute Gasteiger partial charge is 0.350 e. The molecule has 1 aromatic carbocycles. The van der Waals surface area contributed by atoms with Gasteiger partial charge >= 0.3 is 0 Å². The van der Waals surface area contributed by atoms with Gasteiger partial charge in [-0.1, -0.05) is 38.1 Å². The van der Waals surface area contributed by atoms with Crippen molar-refractivity contribution >= 4 is 23.2 Å². The number of likely N-dealkylation sites (tertiary alicyclic amines) is 1. The minimum absolute atomic E-state index is 0. The van der Waals surface area contributed by atoms with Crippen molar-refractivity contribution in [3.8, 4) is 10.4 Å². The Labute approximate surface area is 170 Å². The van der Waals surface area contributed by atoms with E-state index in [0.29, 0.717) is 25.4 Å². The summed E-state index contributed by atoms with van der Waals surface area (Å²) in [6.45, 7) is 7.23. The fourth-order valence-electron chi connectivity index (χ4n) is 3.46. The molecule has 2 aromatic rings. The van der Waals surface area contributed by atoms with Gasteiger partial charge in [0.25, 0.3) is 0 Å². The summed E-state index contributed by atoms with van der Waals surface area (Å²) in [5.41, 5.74) is 5.08. The zero-order valence-electron chi connectivity index (χ0n) is 16.9. The molecule has 0 saturated carbocycles. The van der Waals surface area contributed by atoms with Crippen LogP contribution >= 0.6 is 11.3 Å². The maximum absolute atomic E-state index is 12.6. The molecule has 0 aliphatic carbocycles. The highest BCUT2D eigenvalue weighted by molar-refractivity contribution is 7.13. The summed E-state index contributed by atoms with van der Waals surface area (Å²) >= 11 is 1.63. The van der Waals surface area contributed by atoms with Crippen molar-refractivity contribution in [1.29, 1.82) is 0 Å². The second kappa shape index (κ2) is 9.80. The predicted molar refractivity (Wildman–Crippen MR) is 113 cm³/mol. The fraction of sp³-hybridized carbons (Fsp3) is 0.476.